The Balaban J connectivity index is 2.30. The van der Waals surface area contributed by atoms with Gasteiger partial charge >= 0.3 is 0 Å². The molecule has 1 aliphatic heterocycles. The van der Waals surface area contributed by atoms with Gasteiger partial charge in [-0.3, -0.25) is 4.79 Å². The maximum absolute atomic E-state index is 11.7. The van der Waals surface area contributed by atoms with E-state index in [0.717, 1.165) is 12.4 Å². The Bertz CT molecular complexity index is 406. The van der Waals surface area contributed by atoms with Gasteiger partial charge < -0.3 is 10.0 Å². The third kappa shape index (κ3) is 2.04. The van der Waals surface area contributed by atoms with Crippen molar-refractivity contribution in [1.82, 2.24) is 9.97 Å². The van der Waals surface area contributed by atoms with Gasteiger partial charge in [-0.25, -0.2) is 9.97 Å². The lowest BCUT2D eigenvalue weighted by atomic mass is 10.1. The first kappa shape index (κ1) is 11.0. The standard InChI is InChI=1S/C11H15N3O2/c1-8-12-7-9-10(16)3-5-14(4-2-6-15)11(9)13-8/h7,15H,2-6H2,1H3. The van der Waals surface area contributed by atoms with E-state index in [9.17, 15) is 4.79 Å². The highest BCUT2D eigenvalue weighted by Gasteiger charge is 2.24. The molecule has 2 rings (SSSR count). The van der Waals surface area contributed by atoms with Crippen molar-refractivity contribution < 1.29 is 9.90 Å². The highest BCUT2D eigenvalue weighted by Crippen LogP contribution is 2.24. The van der Waals surface area contributed by atoms with E-state index >= 15 is 0 Å². The van der Waals surface area contributed by atoms with Gasteiger partial charge in [0.15, 0.2) is 5.78 Å². The summed E-state index contributed by atoms with van der Waals surface area (Å²) in [5.41, 5.74) is 0.606. The summed E-state index contributed by atoms with van der Waals surface area (Å²) in [6, 6.07) is 0. The van der Waals surface area contributed by atoms with Crippen LogP contribution in [0, 0.1) is 6.92 Å². The molecule has 16 heavy (non-hydrogen) atoms. The van der Waals surface area contributed by atoms with Crippen LogP contribution in [0.2, 0.25) is 0 Å². The lowest BCUT2D eigenvalue weighted by molar-refractivity contribution is 0.0978. The van der Waals surface area contributed by atoms with Crippen LogP contribution in [0.1, 0.15) is 29.0 Å². The van der Waals surface area contributed by atoms with E-state index in [-0.39, 0.29) is 12.4 Å². The zero-order valence-electron chi connectivity index (χ0n) is 9.31. The van der Waals surface area contributed by atoms with Gasteiger partial charge in [-0.1, -0.05) is 0 Å². The smallest absolute Gasteiger partial charge is 0.169 e. The molecule has 0 amide bonds. The molecule has 0 radical (unpaired) electrons. The van der Waals surface area contributed by atoms with Crippen LogP contribution < -0.4 is 4.90 Å². The predicted octanol–water partition coefficient (Wildman–Crippen LogP) is 0.560. The number of aliphatic hydroxyl groups is 1. The Labute approximate surface area is 94.1 Å². The molecular weight excluding hydrogens is 206 g/mol. The number of aliphatic hydroxyl groups excluding tert-OH is 1. The minimum absolute atomic E-state index is 0.107. The number of ketones is 1. The summed E-state index contributed by atoms with van der Waals surface area (Å²) >= 11 is 0. The summed E-state index contributed by atoms with van der Waals surface area (Å²) in [5.74, 6) is 1.50. The van der Waals surface area contributed by atoms with E-state index < -0.39 is 0 Å². The minimum atomic E-state index is 0.107. The Kier molecular flexibility index (Phi) is 3.14. The van der Waals surface area contributed by atoms with Gasteiger partial charge in [0.2, 0.25) is 0 Å². The van der Waals surface area contributed by atoms with Crippen molar-refractivity contribution in [3.05, 3.63) is 17.6 Å². The van der Waals surface area contributed by atoms with Crippen LogP contribution in [0.5, 0.6) is 0 Å². The van der Waals surface area contributed by atoms with Gasteiger partial charge in [0.1, 0.15) is 11.6 Å². The van der Waals surface area contributed by atoms with E-state index in [1.165, 1.54) is 0 Å². The molecule has 0 aliphatic carbocycles. The zero-order valence-corrected chi connectivity index (χ0v) is 9.31. The molecule has 1 aromatic heterocycles. The molecule has 0 bridgehead atoms. The normalized spacial score (nSPS) is 15.1. The van der Waals surface area contributed by atoms with Crippen molar-refractivity contribution in [2.24, 2.45) is 0 Å². The van der Waals surface area contributed by atoms with Crippen LogP contribution in [-0.2, 0) is 0 Å². The molecule has 1 aliphatic rings. The van der Waals surface area contributed by atoms with Gasteiger partial charge in [0.05, 0.1) is 5.56 Å². The summed E-state index contributed by atoms with van der Waals surface area (Å²) in [4.78, 5) is 22.1. The Morgan fingerprint density at radius 1 is 1.56 bits per heavy atom. The number of aryl methyl sites for hydroxylation is 1. The quantitative estimate of drug-likeness (QED) is 0.807. The second-order valence-corrected chi connectivity index (χ2v) is 3.89. The fourth-order valence-electron chi connectivity index (χ4n) is 1.85. The van der Waals surface area contributed by atoms with Crippen molar-refractivity contribution in [1.29, 1.82) is 0 Å². The molecule has 2 heterocycles. The largest absolute Gasteiger partial charge is 0.396 e. The van der Waals surface area contributed by atoms with Crippen LogP contribution in [0.3, 0.4) is 0 Å². The lowest BCUT2D eigenvalue weighted by Gasteiger charge is -2.28. The van der Waals surface area contributed by atoms with Gasteiger partial charge in [-0.15, -0.1) is 0 Å². The van der Waals surface area contributed by atoms with E-state index in [0.29, 0.717) is 30.8 Å². The number of hydrogen-bond donors (Lipinski definition) is 1. The molecule has 86 valence electrons. The van der Waals surface area contributed by atoms with Crippen LogP contribution >= 0.6 is 0 Å². The molecule has 0 saturated carbocycles. The fourth-order valence-corrected chi connectivity index (χ4v) is 1.85. The number of fused-ring (bicyclic) bond motifs is 1. The molecule has 0 saturated heterocycles. The second-order valence-electron chi connectivity index (χ2n) is 3.89. The highest BCUT2D eigenvalue weighted by atomic mass is 16.3. The SMILES string of the molecule is Cc1ncc2c(n1)N(CCCO)CCC2=O. The van der Waals surface area contributed by atoms with Crippen molar-refractivity contribution >= 4 is 11.6 Å². The molecule has 1 N–H and O–H groups in total. The Morgan fingerprint density at radius 3 is 3.12 bits per heavy atom. The molecule has 0 fully saturated rings. The van der Waals surface area contributed by atoms with E-state index in [4.69, 9.17) is 5.11 Å². The van der Waals surface area contributed by atoms with Crippen molar-refractivity contribution in [2.45, 2.75) is 19.8 Å². The predicted molar refractivity (Wildman–Crippen MR) is 59.6 cm³/mol. The summed E-state index contributed by atoms with van der Waals surface area (Å²) in [6.45, 7) is 3.38. The van der Waals surface area contributed by atoms with Crippen LogP contribution in [0.25, 0.3) is 0 Å². The number of Topliss-reactive ketones (excluding diaryl/α,β-unsaturated/α-hetero) is 1. The molecule has 5 nitrogen and oxygen atoms in total. The van der Waals surface area contributed by atoms with E-state index in [1.807, 2.05) is 11.8 Å². The third-order valence-corrected chi connectivity index (χ3v) is 2.68. The summed E-state index contributed by atoms with van der Waals surface area (Å²) in [6.07, 6.45) is 2.80. The Hall–Kier alpha value is -1.49. The third-order valence-electron chi connectivity index (χ3n) is 2.68. The average Bonchev–Trinajstić information content (AvgIpc) is 2.28. The van der Waals surface area contributed by atoms with Crippen molar-refractivity contribution in [3.63, 3.8) is 0 Å². The molecule has 0 atom stereocenters. The molecule has 0 aromatic carbocycles. The van der Waals surface area contributed by atoms with Gasteiger partial charge in [-0.2, -0.15) is 0 Å². The minimum Gasteiger partial charge on any atom is -0.396 e. The second kappa shape index (κ2) is 4.57. The summed E-state index contributed by atoms with van der Waals surface area (Å²) in [7, 11) is 0. The monoisotopic (exact) mass is 221 g/mol. The number of rotatable bonds is 3. The van der Waals surface area contributed by atoms with E-state index in [1.54, 1.807) is 6.20 Å². The molecular formula is C11H15N3O2. The maximum atomic E-state index is 11.7. The fraction of sp³-hybridized carbons (Fsp3) is 0.545. The van der Waals surface area contributed by atoms with Crippen LogP contribution in [0.4, 0.5) is 5.82 Å². The first-order valence-corrected chi connectivity index (χ1v) is 5.45. The zero-order chi connectivity index (χ0) is 11.5. The number of nitrogens with zero attached hydrogens (tertiary/aromatic N) is 3. The number of carbonyl (C=O) groups is 1. The van der Waals surface area contributed by atoms with Crippen molar-refractivity contribution in [3.8, 4) is 0 Å². The number of hydrogen-bond acceptors (Lipinski definition) is 5. The Morgan fingerprint density at radius 2 is 2.38 bits per heavy atom. The number of aromatic nitrogens is 2. The first-order valence-electron chi connectivity index (χ1n) is 5.45. The highest BCUT2D eigenvalue weighted by molar-refractivity contribution is 6.02. The average molecular weight is 221 g/mol. The topological polar surface area (TPSA) is 66.3 Å². The van der Waals surface area contributed by atoms with Crippen LogP contribution in [0.15, 0.2) is 6.20 Å². The number of anilines is 1. The molecule has 0 spiro atoms. The lowest BCUT2D eigenvalue weighted by Crippen LogP contribution is -2.34. The van der Waals surface area contributed by atoms with Gasteiger partial charge in [-0.05, 0) is 13.3 Å². The van der Waals surface area contributed by atoms with Gasteiger partial charge in [0.25, 0.3) is 0 Å². The van der Waals surface area contributed by atoms with Gasteiger partial charge in [0, 0.05) is 32.3 Å². The molecule has 0 unspecified atom stereocenters. The molecule has 1 aromatic rings. The van der Waals surface area contributed by atoms with Crippen LogP contribution in [-0.4, -0.2) is 40.6 Å². The first-order chi connectivity index (χ1) is 7.72. The summed E-state index contributed by atoms with van der Waals surface area (Å²) in [5, 5.41) is 8.83. The molecule has 5 heteroatoms. The van der Waals surface area contributed by atoms with Crippen molar-refractivity contribution in [2.75, 3.05) is 24.6 Å². The summed E-state index contributed by atoms with van der Waals surface area (Å²) < 4.78 is 0. The maximum Gasteiger partial charge on any atom is 0.169 e. The number of carbonyl (C=O) groups excluding carboxylic acids is 1. The van der Waals surface area contributed by atoms with E-state index in [2.05, 4.69) is 9.97 Å².